The summed E-state index contributed by atoms with van der Waals surface area (Å²) in [4.78, 5) is 12.1. The molecule has 0 unspecified atom stereocenters. The molecule has 0 aromatic heterocycles. The van der Waals surface area contributed by atoms with E-state index in [1.54, 1.807) is 18.3 Å². The number of amides is 1. The number of nitrogens with one attached hydrogen (secondary N) is 1. The van der Waals surface area contributed by atoms with E-state index >= 15 is 0 Å². The number of hydrogen-bond acceptors (Lipinski definition) is 4. The molecule has 24 heavy (non-hydrogen) atoms. The van der Waals surface area contributed by atoms with Crippen molar-refractivity contribution in [1.82, 2.24) is 5.43 Å². The van der Waals surface area contributed by atoms with Crippen molar-refractivity contribution in [2.24, 2.45) is 5.10 Å². The van der Waals surface area contributed by atoms with Gasteiger partial charge in [0.05, 0.1) is 6.21 Å². The lowest BCUT2D eigenvalue weighted by molar-refractivity contribution is -0.130. The van der Waals surface area contributed by atoms with Crippen molar-refractivity contribution in [3.05, 3.63) is 65.7 Å². The number of rotatable bonds is 4. The summed E-state index contributed by atoms with van der Waals surface area (Å²) in [6.45, 7) is 2.08. The van der Waals surface area contributed by atoms with E-state index in [4.69, 9.17) is 9.47 Å². The van der Waals surface area contributed by atoms with Crippen LogP contribution in [0.2, 0.25) is 0 Å². The maximum Gasteiger partial charge on any atom is 0.284 e. The third-order valence-corrected chi connectivity index (χ3v) is 3.44. The van der Waals surface area contributed by atoms with Gasteiger partial charge in [0.15, 0.2) is 11.5 Å². The molecule has 1 amide bonds. The Hall–Kier alpha value is -3.08. The van der Waals surface area contributed by atoms with Crippen LogP contribution >= 0.6 is 0 Å². The third-order valence-electron chi connectivity index (χ3n) is 3.44. The number of carbonyl (C=O) groups excluding carboxylic acids is 1. The maximum atomic E-state index is 12.1. The van der Waals surface area contributed by atoms with Crippen molar-refractivity contribution in [2.75, 3.05) is 6.61 Å². The molecular weight excluding hydrogens is 304 g/mol. The Balaban J connectivity index is 1.55. The maximum absolute atomic E-state index is 12.1. The van der Waals surface area contributed by atoms with E-state index in [1.165, 1.54) is 0 Å². The fraction of sp³-hybridized carbons (Fsp3) is 0.158. The van der Waals surface area contributed by atoms with E-state index in [0.29, 0.717) is 11.5 Å². The van der Waals surface area contributed by atoms with Gasteiger partial charge in [0.1, 0.15) is 6.61 Å². The molecule has 0 aliphatic carbocycles. The summed E-state index contributed by atoms with van der Waals surface area (Å²) < 4.78 is 11.1. The fourth-order valence-corrected chi connectivity index (χ4v) is 2.27. The molecule has 0 radical (unpaired) electrons. The van der Waals surface area contributed by atoms with Crippen LogP contribution in [0.1, 0.15) is 12.5 Å². The normalized spacial score (nSPS) is 16.9. The van der Waals surface area contributed by atoms with Crippen LogP contribution in [0.15, 0.2) is 65.3 Å². The highest BCUT2D eigenvalue weighted by Crippen LogP contribution is 2.30. The van der Waals surface area contributed by atoms with Gasteiger partial charge in [-0.05, 0) is 30.2 Å². The van der Waals surface area contributed by atoms with Crippen LogP contribution in [-0.2, 0) is 4.79 Å². The molecule has 2 aromatic rings. The van der Waals surface area contributed by atoms with Crippen LogP contribution in [-0.4, -0.2) is 24.8 Å². The predicted octanol–water partition coefficient (Wildman–Crippen LogP) is 3.03. The molecular formula is C19H18N2O3. The van der Waals surface area contributed by atoms with Gasteiger partial charge < -0.3 is 9.47 Å². The molecule has 5 nitrogen and oxygen atoms in total. The van der Waals surface area contributed by atoms with Crippen LogP contribution in [0.3, 0.4) is 0 Å². The molecule has 0 fully saturated rings. The summed E-state index contributed by atoms with van der Waals surface area (Å²) in [6, 6.07) is 17.2. The molecule has 2 aromatic carbocycles. The molecule has 5 heteroatoms. The molecule has 1 aliphatic rings. The molecule has 0 saturated carbocycles. The monoisotopic (exact) mass is 322 g/mol. The number of allylic oxidation sites excluding steroid dienone is 1. The number of hydrazone groups is 1. The number of carbonyl (C=O) groups is 1. The van der Waals surface area contributed by atoms with Gasteiger partial charge in [0, 0.05) is 0 Å². The highest BCUT2D eigenvalue weighted by molar-refractivity contribution is 5.87. The Labute approximate surface area is 140 Å². The topological polar surface area (TPSA) is 59.9 Å². The average molecular weight is 322 g/mol. The smallest absolute Gasteiger partial charge is 0.284 e. The first-order valence-electron chi connectivity index (χ1n) is 7.67. The van der Waals surface area contributed by atoms with Gasteiger partial charge in [0.25, 0.3) is 5.91 Å². The standard InChI is InChI=1S/C19H18N2O3/c1-14(11-15-7-3-2-4-8-15)12-20-21-19(22)18-13-23-16-9-5-6-10-17(16)24-18/h2-12,18H,13H2,1H3,(H,21,22)/b14-11+,20-12-/t18-/m1/s1. The van der Waals surface area contributed by atoms with E-state index in [2.05, 4.69) is 10.5 Å². The molecule has 3 rings (SSSR count). The zero-order valence-corrected chi connectivity index (χ0v) is 13.3. The van der Waals surface area contributed by atoms with Crippen LogP contribution in [0.25, 0.3) is 6.08 Å². The molecule has 122 valence electrons. The summed E-state index contributed by atoms with van der Waals surface area (Å²) in [7, 11) is 0. The van der Waals surface area contributed by atoms with Crippen LogP contribution in [0, 0.1) is 0 Å². The summed E-state index contributed by atoms with van der Waals surface area (Å²) in [5.74, 6) is 0.869. The second-order valence-corrected chi connectivity index (χ2v) is 5.40. The van der Waals surface area contributed by atoms with Gasteiger partial charge in [-0.3, -0.25) is 4.79 Å². The Morgan fingerprint density at radius 1 is 1.12 bits per heavy atom. The average Bonchev–Trinajstić information content (AvgIpc) is 2.62. The first kappa shape index (κ1) is 15.8. The van der Waals surface area contributed by atoms with Gasteiger partial charge in [-0.15, -0.1) is 0 Å². The summed E-state index contributed by atoms with van der Waals surface area (Å²) in [6.07, 6.45) is 2.87. The molecule has 1 atom stereocenters. The van der Waals surface area contributed by atoms with Crippen molar-refractivity contribution in [1.29, 1.82) is 0 Å². The van der Waals surface area contributed by atoms with Crippen LogP contribution in [0.4, 0.5) is 0 Å². The van der Waals surface area contributed by atoms with Crippen LogP contribution in [0.5, 0.6) is 11.5 Å². The van der Waals surface area contributed by atoms with E-state index < -0.39 is 6.10 Å². The van der Waals surface area contributed by atoms with Gasteiger partial charge in [-0.2, -0.15) is 5.10 Å². The minimum atomic E-state index is -0.713. The van der Waals surface area contributed by atoms with Crippen molar-refractivity contribution in [2.45, 2.75) is 13.0 Å². The highest BCUT2D eigenvalue weighted by Gasteiger charge is 2.26. The third kappa shape index (κ3) is 4.01. The predicted molar refractivity (Wildman–Crippen MR) is 93.1 cm³/mol. The Morgan fingerprint density at radius 2 is 1.83 bits per heavy atom. The molecule has 1 N–H and O–H groups in total. The quantitative estimate of drug-likeness (QED) is 0.695. The Kier molecular flexibility index (Phi) is 4.91. The Morgan fingerprint density at radius 3 is 2.62 bits per heavy atom. The minimum absolute atomic E-state index is 0.164. The number of para-hydroxylation sites is 2. The first-order valence-corrected chi connectivity index (χ1v) is 7.67. The number of fused-ring (bicyclic) bond motifs is 1. The lowest BCUT2D eigenvalue weighted by Gasteiger charge is -2.24. The second kappa shape index (κ2) is 7.46. The van der Waals surface area contributed by atoms with Crippen molar-refractivity contribution in [3.8, 4) is 11.5 Å². The number of ether oxygens (including phenoxy) is 2. The summed E-state index contributed by atoms with van der Waals surface area (Å²) in [5.41, 5.74) is 4.49. The van der Waals surface area contributed by atoms with Gasteiger partial charge >= 0.3 is 0 Å². The van der Waals surface area contributed by atoms with Crippen molar-refractivity contribution >= 4 is 18.2 Å². The van der Waals surface area contributed by atoms with E-state index in [0.717, 1.165) is 11.1 Å². The van der Waals surface area contributed by atoms with Crippen molar-refractivity contribution < 1.29 is 14.3 Å². The molecule has 1 heterocycles. The first-order chi connectivity index (χ1) is 11.7. The highest BCUT2D eigenvalue weighted by atomic mass is 16.6. The molecule has 0 saturated heterocycles. The molecule has 0 spiro atoms. The summed E-state index contributed by atoms with van der Waals surface area (Å²) in [5, 5.41) is 3.97. The lowest BCUT2D eigenvalue weighted by atomic mass is 10.1. The molecule has 1 aliphatic heterocycles. The fourth-order valence-electron chi connectivity index (χ4n) is 2.27. The lowest BCUT2D eigenvalue weighted by Crippen LogP contribution is -2.42. The number of benzene rings is 2. The van der Waals surface area contributed by atoms with Gasteiger partial charge in [0.2, 0.25) is 6.10 Å². The second-order valence-electron chi connectivity index (χ2n) is 5.40. The number of hydrogen-bond donors (Lipinski definition) is 1. The van der Waals surface area contributed by atoms with Gasteiger partial charge in [-0.25, -0.2) is 5.43 Å². The van der Waals surface area contributed by atoms with Crippen LogP contribution < -0.4 is 14.9 Å². The minimum Gasteiger partial charge on any atom is -0.485 e. The zero-order chi connectivity index (χ0) is 16.8. The largest absolute Gasteiger partial charge is 0.485 e. The van der Waals surface area contributed by atoms with Gasteiger partial charge in [-0.1, -0.05) is 48.5 Å². The SMILES string of the molecule is CC(/C=N\NC(=O)[C@H]1COc2ccccc2O1)=C\c1ccccc1. The molecule has 0 bridgehead atoms. The number of nitrogens with zero attached hydrogens (tertiary/aromatic N) is 1. The Bertz CT molecular complexity index is 769. The van der Waals surface area contributed by atoms with E-state index in [9.17, 15) is 4.79 Å². The zero-order valence-electron chi connectivity index (χ0n) is 13.3. The van der Waals surface area contributed by atoms with E-state index in [-0.39, 0.29) is 12.5 Å². The summed E-state index contributed by atoms with van der Waals surface area (Å²) >= 11 is 0. The van der Waals surface area contributed by atoms with E-state index in [1.807, 2.05) is 55.5 Å². The van der Waals surface area contributed by atoms with Crippen molar-refractivity contribution in [3.63, 3.8) is 0 Å².